The average Bonchev–Trinajstić information content (AvgIpc) is 1.65. The molecule has 1 N–H and O–H groups in total. The van der Waals surface area contributed by atoms with E-state index in [1.54, 1.807) is 0 Å². The second-order valence-electron chi connectivity index (χ2n) is 1.21. The summed E-state index contributed by atoms with van der Waals surface area (Å²) >= 11 is 0. The minimum Gasteiger partial charge on any atom is -0.352 e. The van der Waals surface area contributed by atoms with Crippen LogP contribution in [-0.4, -0.2) is 17.5 Å². The smallest absolute Gasteiger partial charge is 0.352 e. The minimum atomic E-state index is -5.03. The molecule has 6 heteroatoms. The lowest BCUT2D eigenvalue weighted by Gasteiger charge is -2.12. The van der Waals surface area contributed by atoms with Crippen LogP contribution in [-0.2, 0) is 0 Å². The molecule has 0 aliphatic carbocycles. The van der Waals surface area contributed by atoms with Crippen molar-refractivity contribution >= 4 is 0 Å². The molecule has 1 radical (unpaired) electrons. The van der Waals surface area contributed by atoms with Gasteiger partial charge in [0.1, 0.15) is 0 Å². The molecule has 0 aromatic carbocycles. The largest absolute Gasteiger partial charge is 0.370 e. The summed E-state index contributed by atoms with van der Waals surface area (Å²) in [5.74, 6) is -5.03. The van der Waals surface area contributed by atoms with E-state index in [1.807, 2.05) is 0 Å². The molecule has 0 fully saturated rings. The van der Waals surface area contributed by atoms with Gasteiger partial charge in [-0.05, 0) is 0 Å². The quantitative estimate of drug-likeness (QED) is 0.592. The van der Waals surface area contributed by atoms with Gasteiger partial charge in [-0.2, -0.15) is 13.2 Å². The normalized spacial score (nSPS) is 13.3. The van der Waals surface area contributed by atoms with E-state index in [9.17, 15) is 22.0 Å². The molecule has 0 unspecified atom stereocenters. The molecule has 0 bridgehead atoms. The Morgan fingerprint density at radius 2 is 1.67 bits per heavy atom. The van der Waals surface area contributed by atoms with Crippen molar-refractivity contribution in [3.05, 3.63) is 6.36 Å². The molecule has 0 aromatic heterocycles. The predicted octanol–water partition coefficient (Wildman–Crippen LogP) is 1.72. The van der Waals surface area contributed by atoms with E-state index in [4.69, 9.17) is 5.11 Å². The van der Waals surface area contributed by atoms with Crippen LogP contribution in [0.2, 0.25) is 0 Å². The number of aliphatic hydroxyl groups is 1. The number of aliphatic hydroxyl groups excluding tert-OH is 1. The third kappa shape index (κ3) is 1.78. The monoisotopic (exact) mass is 149 g/mol. The van der Waals surface area contributed by atoms with Crippen LogP contribution in [0, 0.1) is 6.36 Å². The maximum Gasteiger partial charge on any atom is 0.370 e. The van der Waals surface area contributed by atoms with E-state index < -0.39 is 18.7 Å². The summed E-state index contributed by atoms with van der Waals surface area (Å²) < 4.78 is 55.3. The first-order valence-electron chi connectivity index (χ1n) is 1.77. The van der Waals surface area contributed by atoms with Gasteiger partial charge in [0.05, 0.1) is 0 Å². The zero-order chi connectivity index (χ0) is 7.65. The van der Waals surface area contributed by atoms with Gasteiger partial charge in [0, 0.05) is 0 Å². The Morgan fingerprint density at radius 1 is 1.33 bits per heavy atom. The van der Waals surface area contributed by atoms with Crippen LogP contribution < -0.4 is 0 Å². The van der Waals surface area contributed by atoms with E-state index in [0.717, 1.165) is 0 Å². The Labute approximate surface area is 47.1 Å². The lowest BCUT2D eigenvalue weighted by atomic mass is 10.4. The zero-order valence-electron chi connectivity index (χ0n) is 3.91. The summed E-state index contributed by atoms with van der Waals surface area (Å²) in [5, 5.41) is 7.27. The van der Waals surface area contributed by atoms with Crippen molar-refractivity contribution in [1.29, 1.82) is 0 Å². The van der Waals surface area contributed by atoms with Crippen LogP contribution in [0.5, 0.6) is 0 Å². The van der Waals surface area contributed by atoms with Crippen LogP contribution in [0.3, 0.4) is 0 Å². The predicted molar refractivity (Wildman–Crippen MR) is 17.2 cm³/mol. The number of alkyl halides is 4. The molecule has 0 amide bonds. The van der Waals surface area contributed by atoms with Crippen molar-refractivity contribution in [3.63, 3.8) is 0 Å². The lowest BCUT2D eigenvalue weighted by Crippen LogP contribution is -2.31. The van der Waals surface area contributed by atoms with Gasteiger partial charge in [0.25, 0.3) is 0 Å². The highest BCUT2D eigenvalue weighted by Gasteiger charge is 2.50. The molecule has 0 aliphatic rings. The summed E-state index contributed by atoms with van der Waals surface area (Å²) in [7, 11) is 0. The molecule has 9 heavy (non-hydrogen) atoms. The van der Waals surface area contributed by atoms with Crippen molar-refractivity contribution in [1.82, 2.24) is 0 Å². The Kier molecular flexibility index (Phi) is 2.36. The maximum absolute atomic E-state index is 11.3. The van der Waals surface area contributed by atoms with Gasteiger partial charge >= 0.3 is 18.7 Å². The first kappa shape index (κ1) is 8.61. The highest BCUT2D eigenvalue weighted by Crippen LogP contribution is 2.31. The molecule has 0 rings (SSSR count). The van der Waals surface area contributed by atoms with Crippen molar-refractivity contribution in [3.8, 4) is 0 Å². The van der Waals surface area contributed by atoms with Crippen LogP contribution in [0.25, 0.3) is 0 Å². The highest BCUT2D eigenvalue weighted by atomic mass is 19.3. The fraction of sp³-hybridized carbons (Fsp3) is 0.667. The molecule has 0 atom stereocenters. The zero-order valence-corrected chi connectivity index (χ0v) is 3.91. The molecule has 1 nitrogen and oxygen atoms in total. The SMILES string of the molecule is O[C](F)C(F)(F)C(F)F. The van der Waals surface area contributed by atoms with Gasteiger partial charge in [-0.25, -0.2) is 8.78 Å². The van der Waals surface area contributed by atoms with Crippen LogP contribution >= 0.6 is 0 Å². The molecule has 0 saturated heterocycles. The molecule has 0 aliphatic heterocycles. The van der Waals surface area contributed by atoms with Gasteiger partial charge in [-0.3, -0.25) is 0 Å². The van der Waals surface area contributed by atoms with E-state index in [1.165, 1.54) is 0 Å². The second kappa shape index (κ2) is 2.47. The molecule has 55 valence electrons. The molecule has 0 spiro atoms. The van der Waals surface area contributed by atoms with Gasteiger partial charge in [0.15, 0.2) is 0 Å². The van der Waals surface area contributed by atoms with Gasteiger partial charge in [0.2, 0.25) is 0 Å². The number of halogens is 5. The van der Waals surface area contributed by atoms with E-state index in [2.05, 4.69) is 0 Å². The van der Waals surface area contributed by atoms with Crippen LogP contribution in [0.15, 0.2) is 0 Å². The van der Waals surface area contributed by atoms with E-state index in [-0.39, 0.29) is 0 Å². The fourth-order valence-electron chi connectivity index (χ4n) is 0.0900. The van der Waals surface area contributed by atoms with Gasteiger partial charge < -0.3 is 5.11 Å². The minimum absolute atomic E-state index is 3.06. The maximum atomic E-state index is 11.3. The Morgan fingerprint density at radius 3 is 1.67 bits per heavy atom. The molecule has 0 saturated carbocycles. The molecular formula is C3H2F5O. The lowest BCUT2D eigenvalue weighted by molar-refractivity contribution is -0.175. The molecule has 0 aromatic rings. The van der Waals surface area contributed by atoms with E-state index >= 15 is 0 Å². The first-order chi connectivity index (χ1) is 3.89. The van der Waals surface area contributed by atoms with Crippen molar-refractivity contribution in [2.24, 2.45) is 0 Å². The average molecular weight is 149 g/mol. The Hall–Kier alpha value is -0.390. The molecule has 0 heterocycles. The van der Waals surface area contributed by atoms with Gasteiger partial charge in [-0.15, -0.1) is 0 Å². The standard InChI is InChI=1S/C3H2F5O/c4-1(5)3(7,8)2(6)9/h1,9H. The number of hydrogen-bond donors (Lipinski definition) is 1. The number of hydrogen-bond acceptors (Lipinski definition) is 1. The summed E-state index contributed by atoms with van der Waals surface area (Å²) in [6.45, 7) is 0. The summed E-state index contributed by atoms with van der Waals surface area (Å²) in [4.78, 5) is 0. The van der Waals surface area contributed by atoms with Crippen molar-refractivity contribution in [2.75, 3.05) is 0 Å². The third-order valence-electron chi connectivity index (χ3n) is 0.549. The third-order valence-corrected chi connectivity index (χ3v) is 0.549. The Balaban J connectivity index is 4.01. The van der Waals surface area contributed by atoms with Crippen molar-refractivity contribution < 1.29 is 27.1 Å². The summed E-state index contributed by atoms with van der Waals surface area (Å²) in [5.41, 5.74) is 0. The highest BCUT2D eigenvalue weighted by molar-refractivity contribution is 4.84. The second-order valence-corrected chi connectivity index (χ2v) is 1.21. The molecular weight excluding hydrogens is 147 g/mol. The summed E-state index contributed by atoms with van der Waals surface area (Å²) in [6.07, 6.45) is -7.26. The van der Waals surface area contributed by atoms with Crippen LogP contribution in [0.1, 0.15) is 0 Å². The Bertz CT molecular complexity index is 80.2. The first-order valence-corrected chi connectivity index (χ1v) is 1.77. The topological polar surface area (TPSA) is 20.2 Å². The van der Waals surface area contributed by atoms with Gasteiger partial charge in [-0.1, -0.05) is 0 Å². The van der Waals surface area contributed by atoms with Crippen molar-refractivity contribution in [2.45, 2.75) is 12.3 Å². The summed E-state index contributed by atoms with van der Waals surface area (Å²) in [6, 6.07) is 0. The number of rotatable bonds is 2. The van der Waals surface area contributed by atoms with Crippen LogP contribution in [0.4, 0.5) is 22.0 Å². The fourth-order valence-corrected chi connectivity index (χ4v) is 0.0900. The van der Waals surface area contributed by atoms with E-state index in [0.29, 0.717) is 0 Å².